The van der Waals surface area contributed by atoms with Crippen molar-refractivity contribution in [3.63, 3.8) is 0 Å². The van der Waals surface area contributed by atoms with Crippen molar-refractivity contribution in [1.29, 1.82) is 0 Å². The van der Waals surface area contributed by atoms with Crippen molar-refractivity contribution >= 4 is 47.1 Å². The zero-order chi connectivity index (χ0) is 16.8. The Labute approximate surface area is 171 Å². The third kappa shape index (κ3) is 5.31. The first-order chi connectivity index (χ1) is 11.8. The summed E-state index contributed by atoms with van der Waals surface area (Å²) in [6, 6.07) is 10.4. The zero-order valence-electron chi connectivity index (χ0n) is 14.8. The first-order valence-corrected chi connectivity index (χ1v) is 9.31. The summed E-state index contributed by atoms with van der Waals surface area (Å²) in [7, 11) is 1.86. The monoisotopic (exact) mass is 471 g/mol. The summed E-state index contributed by atoms with van der Waals surface area (Å²) in [5.41, 5.74) is 0. The molecule has 5 nitrogen and oxygen atoms in total. The largest absolute Gasteiger partial charge is 0.356 e. The lowest BCUT2D eigenvalue weighted by atomic mass is 10.1. The number of hydrogen-bond acceptors (Lipinski definition) is 4. The van der Waals surface area contributed by atoms with Crippen LogP contribution in [0.4, 0.5) is 5.82 Å². The Morgan fingerprint density at radius 2 is 2.04 bits per heavy atom. The minimum absolute atomic E-state index is 0. The fourth-order valence-corrected chi connectivity index (χ4v) is 3.72. The van der Waals surface area contributed by atoms with Gasteiger partial charge in [-0.3, -0.25) is 4.99 Å². The highest BCUT2D eigenvalue weighted by molar-refractivity contribution is 14.0. The Morgan fingerprint density at radius 1 is 1.24 bits per heavy atom. The molecule has 1 N–H and O–H groups in total. The van der Waals surface area contributed by atoms with Crippen LogP contribution in [0.1, 0.15) is 17.7 Å². The molecule has 0 spiro atoms. The van der Waals surface area contributed by atoms with Crippen LogP contribution in [0.15, 0.2) is 46.9 Å². The van der Waals surface area contributed by atoms with Crippen LogP contribution in [-0.4, -0.2) is 55.6 Å². The maximum Gasteiger partial charge on any atom is 0.193 e. The Bertz CT molecular complexity index is 639. The van der Waals surface area contributed by atoms with E-state index in [1.54, 1.807) is 0 Å². The summed E-state index contributed by atoms with van der Waals surface area (Å²) in [5, 5.41) is 5.67. The molecule has 0 aliphatic carbocycles. The van der Waals surface area contributed by atoms with Gasteiger partial charge in [-0.15, -0.1) is 35.3 Å². The average Bonchev–Trinajstić information content (AvgIpc) is 3.18. The SMILES string of the molecule is CN=C(NCC(C)c1cccs1)N1CCN(c2ccccn2)CC1.I. The number of anilines is 1. The molecule has 3 heterocycles. The molecule has 7 heteroatoms. The van der Waals surface area contributed by atoms with Crippen LogP contribution >= 0.6 is 35.3 Å². The molecule has 1 saturated heterocycles. The average molecular weight is 471 g/mol. The van der Waals surface area contributed by atoms with Crippen molar-refractivity contribution in [2.75, 3.05) is 44.7 Å². The second kappa shape index (κ2) is 9.96. The molecular formula is C18H26IN5S. The number of aliphatic imine (C=N–C) groups is 1. The molecule has 1 fully saturated rings. The lowest BCUT2D eigenvalue weighted by molar-refractivity contribution is 0.370. The van der Waals surface area contributed by atoms with Gasteiger partial charge in [0.1, 0.15) is 5.82 Å². The van der Waals surface area contributed by atoms with E-state index in [9.17, 15) is 0 Å². The summed E-state index contributed by atoms with van der Waals surface area (Å²) in [6.45, 7) is 7.03. The van der Waals surface area contributed by atoms with E-state index < -0.39 is 0 Å². The minimum atomic E-state index is 0. The molecule has 0 bridgehead atoms. The minimum Gasteiger partial charge on any atom is -0.356 e. The Hall–Kier alpha value is -1.35. The van der Waals surface area contributed by atoms with Gasteiger partial charge in [0, 0.05) is 56.8 Å². The molecule has 1 atom stereocenters. The van der Waals surface area contributed by atoms with Gasteiger partial charge in [-0.1, -0.05) is 19.1 Å². The zero-order valence-corrected chi connectivity index (χ0v) is 17.9. The number of pyridine rings is 1. The van der Waals surface area contributed by atoms with Gasteiger partial charge in [-0.05, 0) is 23.6 Å². The lowest BCUT2D eigenvalue weighted by Crippen LogP contribution is -2.53. The molecule has 2 aromatic heterocycles. The molecule has 1 unspecified atom stereocenters. The number of rotatable bonds is 4. The molecule has 0 saturated carbocycles. The van der Waals surface area contributed by atoms with Crippen LogP contribution < -0.4 is 10.2 Å². The fraction of sp³-hybridized carbons (Fsp3) is 0.444. The predicted molar refractivity (Wildman–Crippen MR) is 118 cm³/mol. The van der Waals surface area contributed by atoms with E-state index in [4.69, 9.17) is 0 Å². The van der Waals surface area contributed by atoms with Gasteiger partial charge in [0.05, 0.1) is 0 Å². The van der Waals surface area contributed by atoms with E-state index in [1.165, 1.54) is 4.88 Å². The van der Waals surface area contributed by atoms with E-state index in [2.05, 4.69) is 55.6 Å². The standard InChI is InChI=1S/C18H25N5S.HI/c1-15(16-6-5-13-24-16)14-21-18(19-2)23-11-9-22(10-12-23)17-7-3-4-8-20-17;/h3-8,13,15H,9-12,14H2,1-2H3,(H,19,21);1H. The van der Waals surface area contributed by atoms with Gasteiger partial charge in [-0.2, -0.15) is 0 Å². The van der Waals surface area contributed by atoms with E-state index in [1.807, 2.05) is 36.7 Å². The predicted octanol–water partition coefficient (Wildman–Crippen LogP) is 3.26. The Kier molecular flexibility index (Phi) is 7.95. The molecule has 0 amide bonds. The fourth-order valence-electron chi connectivity index (χ4n) is 2.94. The third-order valence-electron chi connectivity index (χ3n) is 4.36. The summed E-state index contributed by atoms with van der Waals surface area (Å²) in [4.78, 5) is 15.0. The van der Waals surface area contributed by atoms with Gasteiger partial charge in [0.25, 0.3) is 0 Å². The number of guanidine groups is 1. The summed E-state index contributed by atoms with van der Waals surface area (Å²) >= 11 is 1.82. The lowest BCUT2D eigenvalue weighted by Gasteiger charge is -2.37. The second-order valence-electron chi connectivity index (χ2n) is 6.01. The van der Waals surface area contributed by atoms with Gasteiger partial charge < -0.3 is 15.1 Å². The van der Waals surface area contributed by atoms with Crippen molar-refractivity contribution in [1.82, 2.24) is 15.2 Å². The number of halogens is 1. The molecule has 2 aromatic rings. The highest BCUT2D eigenvalue weighted by Crippen LogP contribution is 2.20. The van der Waals surface area contributed by atoms with Crippen LogP contribution in [0.2, 0.25) is 0 Å². The number of nitrogens with one attached hydrogen (secondary N) is 1. The summed E-state index contributed by atoms with van der Waals surface area (Å²) in [6.07, 6.45) is 1.86. The molecule has 0 aromatic carbocycles. The molecule has 25 heavy (non-hydrogen) atoms. The van der Waals surface area contributed by atoms with E-state index >= 15 is 0 Å². The number of nitrogens with zero attached hydrogens (tertiary/aromatic N) is 4. The summed E-state index contributed by atoms with van der Waals surface area (Å²) in [5.74, 6) is 2.56. The highest BCUT2D eigenvalue weighted by Gasteiger charge is 2.20. The number of aromatic nitrogens is 1. The first-order valence-electron chi connectivity index (χ1n) is 8.43. The van der Waals surface area contributed by atoms with E-state index in [0.717, 1.165) is 44.5 Å². The maximum absolute atomic E-state index is 4.46. The van der Waals surface area contributed by atoms with Crippen LogP contribution in [0, 0.1) is 0 Å². The van der Waals surface area contributed by atoms with Crippen molar-refractivity contribution in [2.45, 2.75) is 12.8 Å². The van der Waals surface area contributed by atoms with Crippen molar-refractivity contribution < 1.29 is 0 Å². The van der Waals surface area contributed by atoms with Crippen LogP contribution in [-0.2, 0) is 0 Å². The van der Waals surface area contributed by atoms with Crippen molar-refractivity contribution in [2.24, 2.45) is 4.99 Å². The maximum atomic E-state index is 4.46. The van der Waals surface area contributed by atoms with Gasteiger partial charge in [-0.25, -0.2) is 4.98 Å². The summed E-state index contributed by atoms with van der Waals surface area (Å²) < 4.78 is 0. The van der Waals surface area contributed by atoms with E-state index in [0.29, 0.717) is 5.92 Å². The molecular weight excluding hydrogens is 445 g/mol. The van der Waals surface area contributed by atoms with Gasteiger partial charge >= 0.3 is 0 Å². The number of piperazine rings is 1. The number of thiophene rings is 1. The molecule has 0 radical (unpaired) electrons. The Balaban J connectivity index is 0.00000225. The molecule has 136 valence electrons. The van der Waals surface area contributed by atoms with Gasteiger partial charge in [0.2, 0.25) is 0 Å². The normalized spacial score (nSPS) is 16.3. The third-order valence-corrected chi connectivity index (χ3v) is 5.46. The molecule has 3 rings (SSSR count). The topological polar surface area (TPSA) is 43.8 Å². The number of hydrogen-bond donors (Lipinski definition) is 1. The molecule has 1 aliphatic heterocycles. The second-order valence-corrected chi connectivity index (χ2v) is 6.99. The van der Waals surface area contributed by atoms with Gasteiger partial charge in [0.15, 0.2) is 5.96 Å². The van der Waals surface area contributed by atoms with Crippen molar-refractivity contribution in [3.8, 4) is 0 Å². The Morgan fingerprint density at radius 3 is 2.64 bits per heavy atom. The van der Waals surface area contributed by atoms with E-state index in [-0.39, 0.29) is 24.0 Å². The smallest absolute Gasteiger partial charge is 0.193 e. The van der Waals surface area contributed by atoms with Crippen LogP contribution in [0.5, 0.6) is 0 Å². The van der Waals surface area contributed by atoms with Crippen molar-refractivity contribution in [3.05, 3.63) is 46.8 Å². The molecule has 1 aliphatic rings. The highest BCUT2D eigenvalue weighted by atomic mass is 127. The quantitative estimate of drug-likeness (QED) is 0.423. The van der Waals surface area contributed by atoms with Crippen LogP contribution in [0.25, 0.3) is 0 Å². The first kappa shape index (κ1) is 20.0. The van der Waals surface area contributed by atoms with Crippen LogP contribution in [0.3, 0.4) is 0 Å².